The van der Waals surface area contributed by atoms with Gasteiger partial charge in [-0.2, -0.15) is 5.26 Å². The number of aromatic nitrogens is 1. The Bertz CT molecular complexity index is 2220. The lowest BCUT2D eigenvalue weighted by Gasteiger charge is -2.25. The van der Waals surface area contributed by atoms with Crippen LogP contribution in [0.25, 0.3) is 11.8 Å². The van der Waals surface area contributed by atoms with Crippen LogP contribution in [-0.4, -0.2) is 24.3 Å². The molecule has 0 fully saturated rings. The summed E-state index contributed by atoms with van der Waals surface area (Å²) in [5, 5.41) is 9.54. The fourth-order valence-electron chi connectivity index (χ4n) is 5.41. The number of thiazole rings is 1. The summed E-state index contributed by atoms with van der Waals surface area (Å²) in [6, 6.07) is 28.6. The van der Waals surface area contributed by atoms with E-state index >= 15 is 0 Å². The predicted octanol–water partition coefficient (Wildman–Crippen LogP) is 5.53. The highest BCUT2D eigenvalue weighted by molar-refractivity contribution is 7.07. The number of hydrogen-bond donors (Lipinski definition) is 0. The van der Waals surface area contributed by atoms with Gasteiger partial charge in [0.2, 0.25) is 0 Å². The largest absolute Gasteiger partial charge is 0.493 e. The lowest BCUT2D eigenvalue weighted by atomic mass is 9.93. The van der Waals surface area contributed by atoms with Gasteiger partial charge in [0.15, 0.2) is 16.3 Å². The number of methoxy groups -OCH3 is 1. The fraction of sp³-hybridized carbons (Fsp3) is 0.135. The van der Waals surface area contributed by atoms with E-state index in [2.05, 4.69) is 6.07 Å². The molecule has 234 valence electrons. The minimum Gasteiger partial charge on any atom is -0.493 e. The van der Waals surface area contributed by atoms with E-state index < -0.39 is 23.4 Å². The summed E-state index contributed by atoms with van der Waals surface area (Å²) in [7, 11) is 1.52. The number of hydrogen-bond acceptors (Lipinski definition) is 8. The molecule has 1 aliphatic heterocycles. The van der Waals surface area contributed by atoms with Gasteiger partial charge in [0.1, 0.15) is 12.4 Å². The van der Waals surface area contributed by atoms with Gasteiger partial charge in [-0.1, -0.05) is 84.1 Å². The Balaban J connectivity index is 1.55. The molecule has 5 aromatic rings. The van der Waals surface area contributed by atoms with Crippen LogP contribution in [0.1, 0.15) is 40.8 Å². The molecule has 1 aliphatic rings. The molecule has 0 spiro atoms. The fourth-order valence-corrected chi connectivity index (χ4v) is 6.40. The van der Waals surface area contributed by atoms with Gasteiger partial charge in [-0.15, -0.1) is 0 Å². The zero-order valence-electron chi connectivity index (χ0n) is 25.5. The smallest absolute Gasteiger partial charge is 0.338 e. The first-order valence-corrected chi connectivity index (χ1v) is 15.6. The van der Waals surface area contributed by atoms with Crippen LogP contribution in [0.5, 0.6) is 11.5 Å². The summed E-state index contributed by atoms with van der Waals surface area (Å²) >= 11 is 1.16. The van der Waals surface area contributed by atoms with Gasteiger partial charge in [0.05, 0.1) is 47.2 Å². The standard InChI is InChI=1S/C37H28FN3O5S/c1-3-45-36(43)31-32(23-10-5-4-6-11-23)40-37-41(33(31)24-16-18-28(38)19-17-24)35(42)30(47-37)20-25-14-9-15-29(44-2)34(25)46-22-27-13-8-7-12-26(27)21-39/h4-20,33H,3,22H2,1-2H3/b30-20-/t33-/m0/s1. The van der Waals surface area contributed by atoms with Crippen molar-refractivity contribution in [2.75, 3.05) is 13.7 Å². The second-order valence-corrected chi connectivity index (χ2v) is 11.4. The molecule has 0 aliphatic carbocycles. The van der Waals surface area contributed by atoms with Crippen LogP contribution in [0.2, 0.25) is 0 Å². The van der Waals surface area contributed by atoms with Crippen LogP contribution in [0.4, 0.5) is 4.39 Å². The molecule has 0 bridgehead atoms. The Hall–Kier alpha value is -5.79. The number of fused-ring (bicyclic) bond motifs is 1. The Morgan fingerprint density at radius 3 is 2.49 bits per heavy atom. The van der Waals surface area contributed by atoms with E-state index in [4.69, 9.17) is 19.2 Å². The molecule has 10 heteroatoms. The van der Waals surface area contributed by atoms with Crippen molar-refractivity contribution >= 4 is 29.1 Å². The number of nitrogens with zero attached hydrogens (tertiary/aromatic N) is 3. The Kier molecular flexibility index (Phi) is 9.09. The molecular formula is C37H28FN3O5S. The van der Waals surface area contributed by atoms with Gasteiger partial charge >= 0.3 is 5.97 Å². The number of carbonyl (C=O) groups is 1. The SMILES string of the molecule is CCOC(=O)C1=C(c2ccccc2)N=c2s/c(=C\c3cccc(OC)c3OCc3ccccc3C#N)c(=O)n2[C@H]1c1ccc(F)cc1. The second-order valence-electron chi connectivity index (χ2n) is 10.4. The molecule has 0 radical (unpaired) electrons. The van der Waals surface area contributed by atoms with Crippen LogP contribution >= 0.6 is 11.3 Å². The minimum absolute atomic E-state index is 0.0973. The molecule has 47 heavy (non-hydrogen) atoms. The van der Waals surface area contributed by atoms with E-state index in [0.29, 0.717) is 54.3 Å². The highest BCUT2D eigenvalue weighted by Gasteiger charge is 2.35. The zero-order chi connectivity index (χ0) is 32.9. The van der Waals surface area contributed by atoms with Crippen LogP contribution in [0, 0.1) is 17.1 Å². The number of halogens is 1. The van der Waals surface area contributed by atoms with Crippen molar-refractivity contribution in [3.8, 4) is 17.6 Å². The summed E-state index contributed by atoms with van der Waals surface area (Å²) in [5.41, 5.74) is 3.08. The molecule has 0 unspecified atom stereocenters. The number of ether oxygens (including phenoxy) is 3. The van der Waals surface area contributed by atoms with E-state index in [9.17, 15) is 19.2 Å². The zero-order valence-corrected chi connectivity index (χ0v) is 26.3. The molecule has 8 nitrogen and oxygen atoms in total. The molecule has 0 amide bonds. The van der Waals surface area contributed by atoms with Crippen LogP contribution in [0.3, 0.4) is 0 Å². The Morgan fingerprint density at radius 1 is 1.02 bits per heavy atom. The third-order valence-corrected chi connectivity index (χ3v) is 8.57. The molecule has 2 heterocycles. The van der Waals surface area contributed by atoms with Crippen molar-refractivity contribution in [3.05, 3.63) is 156 Å². The number of para-hydroxylation sites is 1. The molecule has 1 aromatic heterocycles. The monoisotopic (exact) mass is 645 g/mol. The third-order valence-electron chi connectivity index (χ3n) is 7.59. The first-order valence-electron chi connectivity index (χ1n) is 14.7. The van der Waals surface area contributed by atoms with E-state index in [1.807, 2.05) is 42.5 Å². The molecule has 1 atom stereocenters. The highest BCUT2D eigenvalue weighted by Crippen LogP contribution is 2.36. The second kappa shape index (κ2) is 13.7. The van der Waals surface area contributed by atoms with E-state index in [0.717, 1.165) is 11.3 Å². The lowest BCUT2D eigenvalue weighted by Crippen LogP contribution is -2.40. The first-order chi connectivity index (χ1) is 22.9. The van der Waals surface area contributed by atoms with Gasteiger partial charge in [-0.25, -0.2) is 14.2 Å². The summed E-state index contributed by atoms with van der Waals surface area (Å²) in [6.45, 7) is 1.91. The number of carbonyl (C=O) groups excluding carboxylic acids is 1. The number of benzene rings is 4. The Labute approximate surface area is 273 Å². The molecule has 0 saturated carbocycles. The summed E-state index contributed by atoms with van der Waals surface area (Å²) in [5.74, 6) is -0.240. The average Bonchev–Trinajstić information content (AvgIpc) is 3.41. The first kappa shape index (κ1) is 31.2. The highest BCUT2D eigenvalue weighted by atomic mass is 32.1. The summed E-state index contributed by atoms with van der Waals surface area (Å²) in [6.07, 6.45) is 1.69. The van der Waals surface area contributed by atoms with Crippen LogP contribution in [-0.2, 0) is 16.1 Å². The summed E-state index contributed by atoms with van der Waals surface area (Å²) < 4.78 is 33.1. The molecule has 4 aromatic carbocycles. The minimum atomic E-state index is -0.938. The van der Waals surface area contributed by atoms with E-state index in [1.165, 1.54) is 23.8 Å². The molecular weight excluding hydrogens is 617 g/mol. The molecule has 0 saturated heterocycles. The normalized spacial score (nSPS) is 14.2. The summed E-state index contributed by atoms with van der Waals surface area (Å²) in [4.78, 5) is 33.1. The van der Waals surface area contributed by atoms with Crippen molar-refractivity contribution < 1.29 is 23.4 Å². The predicted molar refractivity (Wildman–Crippen MR) is 176 cm³/mol. The third kappa shape index (κ3) is 6.21. The van der Waals surface area contributed by atoms with Gasteiger partial charge in [0, 0.05) is 16.7 Å². The van der Waals surface area contributed by atoms with Gasteiger partial charge in [-0.05, 0) is 42.8 Å². The van der Waals surface area contributed by atoms with Crippen LogP contribution < -0.4 is 24.4 Å². The van der Waals surface area contributed by atoms with Crippen molar-refractivity contribution in [2.24, 2.45) is 4.99 Å². The van der Waals surface area contributed by atoms with Gasteiger partial charge in [0.25, 0.3) is 5.56 Å². The van der Waals surface area contributed by atoms with Gasteiger partial charge < -0.3 is 14.2 Å². The maximum Gasteiger partial charge on any atom is 0.338 e. The number of rotatable bonds is 9. The lowest BCUT2D eigenvalue weighted by molar-refractivity contribution is -0.138. The quantitative estimate of drug-likeness (QED) is 0.195. The average molecular weight is 646 g/mol. The van der Waals surface area contributed by atoms with Crippen molar-refractivity contribution in [3.63, 3.8) is 0 Å². The number of nitriles is 1. The topological polar surface area (TPSA) is 103 Å². The number of esters is 1. The maximum atomic E-state index is 14.3. The molecule has 0 N–H and O–H groups in total. The van der Waals surface area contributed by atoms with E-state index in [-0.39, 0.29) is 18.8 Å². The molecule has 6 rings (SSSR count). The van der Waals surface area contributed by atoms with Crippen molar-refractivity contribution in [1.82, 2.24) is 4.57 Å². The van der Waals surface area contributed by atoms with Crippen molar-refractivity contribution in [1.29, 1.82) is 5.26 Å². The Morgan fingerprint density at radius 2 is 1.77 bits per heavy atom. The van der Waals surface area contributed by atoms with Crippen molar-refractivity contribution in [2.45, 2.75) is 19.6 Å². The van der Waals surface area contributed by atoms with Crippen LogP contribution in [0.15, 0.2) is 112 Å². The maximum absolute atomic E-state index is 14.3. The van der Waals surface area contributed by atoms with Gasteiger partial charge in [-0.3, -0.25) is 9.36 Å². The van der Waals surface area contributed by atoms with E-state index in [1.54, 1.807) is 55.5 Å².